The van der Waals surface area contributed by atoms with E-state index in [0.717, 1.165) is 51.0 Å². The Bertz CT molecular complexity index is 317. The molecule has 0 unspecified atom stereocenters. The zero-order valence-corrected chi connectivity index (χ0v) is 14.0. The smallest absolute Gasteiger partial charge is 0.191 e. The molecule has 110 valence electrons. The van der Waals surface area contributed by atoms with Crippen molar-refractivity contribution in [3.05, 3.63) is 12.2 Å². The summed E-state index contributed by atoms with van der Waals surface area (Å²) in [7, 11) is 0. The lowest BCUT2D eigenvalue weighted by molar-refractivity contribution is 0.0574. The molecule has 0 radical (unpaired) electrons. The monoisotopic (exact) mass is 379 g/mol. The summed E-state index contributed by atoms with van der Waals surface area (Å²) in [4.78, 5) is 4.55. The first-order valence-electron chi connectivity index (χ1n) is 7.14. The SMILES string of the molecule is CCNC(=NCC1(O)CCCC1)NC1CC=CC1.I. The van der Waals surface area contributed by atoms with Crippen LogP contribution in [-0.2, 0) is 0 Å². The molecule has 2 rings (SSSR count). The van der Waals surface area contributed by atoms with Crippen LogP contribution >= 0.6 is 24.0 Å². The van der Waals surface area contributed by atoms with Crippen LogP contribution in [0.25, 0.3) is 0 Å². The molecule has 3 N–H and O–H groups in total. The van der Waals surface area contributed by atoms with Crippen LogP contribution in [0.1, 0.15) is 45.4 Å². The molecule has 0 saturated heterocycles. The Balaban J connectivity index is 0.00000180. The summed E-state index contributed by atoms with van der Waals surface area (Å²) in [6.45, 7) is 3.43. The van der Waals surface area contributed by atoms with Gasteiger partial charge in [-0.05, 0) is 32.6 Å². The maximum Gasteiger partial charge on any atom is 0.191 e. The Hall–Kier alpha value is -0.300. The number of halogens is 1. The lowest BCUT2D eigenvalue weighted by atomic mass is 10.0. The summed E-state index contributed by atoms with van der Waals surface area (Å²) in [6.07, 6.45) is 10.6. The van der Waals surface area contributed by atoms with E-state index in [4.69, 9.17) is 0 Å². The zero-order chi connectivity index (χ0) is 12.8. The third-order valence-electron chi connectivity index (χ3n) is 3.76. The first-order chi connectivity index (χ1) is 8.72. The molecule has 0 atom stereocenters. The predicted molar refractivity (Wildman–Crippen MR) is 90.1 cm³/mol. The topological polar surface area (TPSA) is 56.7 Å². The van der Waals surface area contributed by atoms with Crippen molar-refractivity contribution in [3.8, 4) is 0 Å². The van der Waals surface area contributed by atoms with Crippen LogP contribution in [-0.4, -0.2) is 35.8 Å². The maximum absolute atomic E-state index is 10.3. The van der Waals surface area contributed by atoms with Crippen molar-refractivity contribution in [1.29, 1.82) is 0 Å². The summed E-state index contributed by atoms with van der Waals surface area (Å²) in [5.74, 6) is 0.839. The molecular formula is C14H26IN3O. The number of nitrogens with one attached hydrogen (secondary N) is 2. The lowest BCUT2D eigenvalue weighted by Crippen LogP contribution is -2.43. The number of hydrogen-bond donors (Lipinski definition) is 3. The molecule has 0 aromatic heterocycles. The normalized spacial score (nSPS) is 22.3. The highest BCUT2D eigenvalue weighted by Crippen LogP contribution is 2.29. The van der Waals surface area contributed by atoms with Gasteiger partial charge in [-0.25, -0.2) is 0 Å². The number of aliphatic hydroxyl groups is 1. The van der Waals surface area contributed by atoms with Crippen LogP contribution < -0.4 is 10.6 Å². The van der Waals surface area contributed by atoms with E-state index in [1.54, 1.807) is 0 Å². The van der Waals surface area contributed by atoms with Crippen molar-refractivity contribution < 1.29 is 5.11 Å². The Kier molecular flexibility index (Phi) is 7.13. The van der Waals surface area contributed by atoms with E-state index in [-0.39, 0.29) is 24.0 Å². The van der Waals surface area contributed by atoms with Crippen LogP contribution in [0.15, 0.2) is 17.1 Å². The summed E-state index contributed by atoms with van der Waals surface area (Å²) in [5.41, 5.74) is -0.559. The Morgan fingerprint density at radius 3 is 2.53 bits per heavy atom. The molecule has 0 aromatic rings. The third-order valence-corrected chi connectivity index (χ3v) is 3.76. The van der Waals surface area contributed by atoms with E-state index in [0.29, 0.717) is 12.6 Å². The fourth-order valence-corrected chi connectivity index (χ4v) is 2.67. The molecule has 1 fully saturated rings. The van der Waals surface area contributed by atoms with Crippen LogP contribution in [0.3, 0.4) is 0 Å². The summed E-state index contributed by atoms with van der Waals surface area (Å²) in [6, 6.07) is 0.459. The van der Waals surface area contributed by atoms with Gasteiger partial charge in [0.2, 0.25) is 0 Å². The van der Waals surface area contributed by atoms with Gasteiger partial charge in [0, 0.05) is 12.6 Å². The average Bonchev–Trinajstić information content (AvgIpc) is 2.99. The van der Waals surface area contributed by atoms with Gasteiger partial charge in [0.1, 0.15) is 0 Å². The molecule has 19 heavy (non-hydrogen) atoms. The van der Waals surface area contributed by atoms with Gasteiger partial charge in [-0.1, -0.05) is 25.0 Å². The molecule has 4 nitrogen and oxygen atoms in total. The fraction of sp³-hybridized carbons (Fsp3) is 0.786. The number of aliphatic imine (C=N–C) groups is 1. The lowest BCUT2D eigenvalue weighted by Gasteiger charge is -2.22. The molecular weight excluding hydrogens is 353 g/mol. The van der Waals surface area contributed by atoms with E-state index in [1.807, 2.05) is 0 Å². The fourth-order valence-electron chi connectivity index (χ4n) is 2.67. The van der Waals surface area contributed by atoms with Gasteiger partial charge in [0.05, 0.1) is 12.1 Å². The minimum Gasteiger partial charge on any atom is -0.388 e. The Morgan fingerprint density at radius 2 is 1.95 bits per heavy atom. The van der Waals surface area contributed by atoms with Crippen molar-refractivity contribution in [1.82, 2.24) is 10.6 Å². The van der Waals surface area contributed by atoms with Gasteiger partial charge >= 0.3 is 0 Å². The highest BCUT2D eigenvalue weighted by Gasteiger charge is 2.30. The number of hydrogen-bond acceptors (Lipinski definition) is 2. The summed E-state index contributed by atoms with van der Waals surface area (Å²) < 4.78 is 0. The van der Waals surface area contributed by atoms with Gasteiger partial charge in [-0.3, -0.25) is 4.99 Å². The molecule has 2 aliphatic rings. The standard InChI is InChI=1S/C14H25N3O.HI/c1-2-15-13(17-12-7-3-4-8-12)16-11-14(18)9-5-6-10-14;/h3-4,12,18H,2,5-11H2,1H3,(H2,15,16,17);1H. The van der Waals surface area contributed by atoms with Crippen LogP contribution in [0.4, 0.5) is 0 Å². The van der Waals surface area contributed by atoms with E-state index >= 15 is 0 Å². The number of nitrogens with zero attached hydrogens (tertiary/aromatic N) is 1. The highest BCUT2D eigenvalue weighted by atomic mass is 127. The molecule has 1 saturated carbocycles. The van der Waals surface area contributed by atoms with Gasteiger partial charge in [0.25, 0.3) is 0 Å². The minimum absolute atomic E-state index is 0. The highest BCUT2D eigenvalue weighted by molar-refractivity contribution is 14.0. The van der Waals surface area contributed by atoms with Crippen molar-refractivity contribution in [3.63, 3.8) is 0 Å². The van der Waals surface area contributed by atoms with Crippen molar-refractivity contribution in [2.75, 3.05) is 13.1 Å². The van der Waals surface area contributed by atoms with Crippen molar-refractivity contribution >= 4 is 29.9 Å². The van der Waals surface area contributed by atoms with Crippen LogP contribution in [0.5, 0.6) is 0 Å². The average molecular weight is 379 g/mol. The Morgan fingerprint density at radius 1 is 1.32 bits per heavy atom. The van der Waals surface area contributed by atoms with Crippen LogP contribution in [0.2, 0.25) is 0 Å². The number of guanidine groups is 1. The second kappa shape index (κ2) is 8.09. The summed E-state index contributed by atoms with van der Waals surface area (Å²) >= 11 is 0. The van der Waals surface area contributed by atoms with Gasteiger partial charge in [-0.2, -0.15) is 0 Å². The molecule has 0 bridgehead atoms. The van der Waals surface area contributed by atoms with E-state index in [9.17, 15) is 5.11 Å². The molecule has 0 spiro atoms. The Labute approximate surface area is 133 Å². The minimum atomic E-state index is -0.559. The van der Waals surface area contributed by atoms with E-state index in [1.165, 1.54) is 0 Å². The molecule has 0 aliphatic heterocycles. The molecule has 0 aromatic carbocycles. The third kappa shape index (κ3) is 5.30. The van der Waals surface area contributed by atoms with Crippen molar-refractivity contribution in [2.24, 2.45) is 4.99 Å². The molecule has 2 aliphatic carbocycles. The first kappa shape index (κ1) is 16.8. The maximum atomic E-state index is 10.3. The van der Waals surface area contributed by atoms with E-state index < -0.39 is 5.60 Å². The van der Waals surface area contributed by atoms with Crippen LogP contribution in [0, 0.1) is 0 Å². The predicted octanol–water partition coefficient (Wildman–Crippen LogP) is 2.18. The second-order valence-corrected chi connectivity index (χ2v) is 5.41. The van der Waals surface area contributed by atoms with Crippen molar-refractivity contribution in [2.45, 2.75) is 57.1 Å². The molecule has 0 heterocycles. The largest absolute Gasteiger partial charge is 0.388 e. The first-order valence-corrected chi connectivity index (χ1v) is 7.14. The van der Waals surface area contributed by atoms with Gasteiger partial charge in [-0.15, -0.1) is 24.0 Å². The molecule has 0 amide bonds. The van der Waals surface area contributed by atoms with Gasteiger partial charge in [0.15, 0.2) is 5.96 Å². The zero-order valence-electron chi connectivity index (χ0n) is 11.7. The quantitative estimate of drug-likeness (QED) is 0.304. The van der Waals surface area contributed by atoms with Gasteiger partial charge < -0.3 is 15.7 Å². The summed E-state index contributed by atoms with van der Waals surface area (Å²) in [5, 5.41) is 17.0. The molecule has 5 heteroatoms. The second-order valence-electron chi connectivity index (χ2n) is 5.41. The van der Waals surface area contributed by atoms with E-state index in [2.05, 4.69) is 34.7 Å². The number of rotatable bonds is 4.